The molecule has 9 radical (unpaired) electrons. The zero-order valence-corrected chi connectivity index (χ0v) is 9.55. The Balaban J connectivity index is 0. The third kappa shape index (κ3) is 18.9. The molecule has 0 aromatic rings. The largest absolute Gasteiger partial charge is 0 e. The van der Waals surface area contributed by atoms with Gasteiger partial charge in [-0.3, -0.25) is 0 Å². The first-order valence-corrected chi connectivity index (χ1v) is 0. The summed E-state index contributed by atoms with van der Waals surface area (Å²) >= 11 is 0. The maximum atomic E-state index is 0. The molecule has 0 aliphatic heterocycles. The summed E-state index contributed by atoms with van der Waals surface area (Å²) in [6.07, 6.45) is 0. The molecule has 0 amide bonds. The van der Waals surface area contributed by atoms with Gasteiger partial charge in [0.2, 0.25) is 0 Å². The molecule has 0 aliphatic carbocycles. The summed E-state index contributed by atoms with van der Waals surface area (Å²) in [6.45, 7) is 0. The Hall–Kier alpha value is 3.28. The molecule has 0 saturated heterocycles. The first-order chi connectivity index (χ1) is 0. The molecule has 0 nitrogen and oxygen atoms in total. The molecule has 0 heterocycles. The van der Waals surface area contributed by atoms with Crippen LogP contribution in [0.3, 0.4) is 0 Å². The summed E-state index contributed by atoms with van der Waals surface area (Å²) in [4.78, 5) is 0. The van der Waals surface area contributed by atoms with Crippen LogP contribution in [0.15, 0.2) is 0 Å². The van der Waals surface area contributed by atoms with E-state index in [4.69, 9.17) is 0 Å². The summed E-state index contributed by atoms with van der Waals surface area (Å²) < 4.78 is 0. The van der Waals surface area contributed by atoms with Crippen LogP contribution in [0.25, 0.3) is 0 Å². The van der Waals surface area contributed by atoms with E-state index in [1.807, 2.05) is 0 Å². The summed E-state index contributed by atoms with van der Waals surface area (Å²) in [7, 11) is 0. The van der Waals surface area contributed by atoms with Gasteiger partial charge in [-0.25, -0.2) is 0 Å². The topological polar surface area (TPSA) is 0 Å². The maximum Gasteiger partial charge on any atom is 0 e. The van der Waals surface area contributed by atoms with Crippen LogP contribution in [-0.2, 0) is 34.1 Å². The third-order valence-corrected chi connectivity index (χ3v) is 0. The Labute approximate surface area is 104 Å². The van der Waals surface area contributed by atoms with Crippen LogP contribution in [0.1, 0.15) is 0 Å². The fraction of sp³-hybridized carbons (Fsp3) is 0. The Morgan fingerprint density at radius 3 is 1.00 bits per heavy atom. The zero-order chi connectivity index (χ0) is 0. The molecule has 5 heteroatoms. The van der Waals surface area contributed by atoms with Crippen molar-refractivity contribution < 1.29 is 34.1 Å². The first kappa shape index (κ1) is 40.8. The van der Waals surface area contributed by atoms with E-state index in [1.54, 1.807) is 0 Å². The van der Waals surface area contributed by atoms with E-state index in [9.17, 15) is 0 Å². The minimum Gasteiger partial charge on any atom is 0 e. The van der Waals surface area contributed by atoms with E-state index in [1.165, 1.54) is 0 Å². The van der Waals surface area contributed by atoms with Crippen LogP contribution in [0.5, 0.6) is 0 Å². The van der Waals surface area contributed by atoms with Crippen molar-refractivity contribution in [2.24, 2.45) is 0 Å². The van der Waals surface area contributed by atoms with Crippen LogP contribution >= 0.6 is 0 Å². The van der Waals surface area contributed by atoms with E-state index < -0.39 is 0 Å². The quantitative estimate of drug-likeness (QED) is 0.436. The van der Waals surface area contributed by atoms with Crippen molar-refractivity contribution in [3.63, 3.8) is 0 Å². The Morgan fingerprint density at radius 1 is 1.00 bits per heavy atom. The van der Waals surface area contributed by atoms with Crippen molar-refractivity contribution >= 4 is 71.8 Å². The normalized spacial score (nSPS) is 0. The molecule has 0 saturated carbocycles. The number of hydrogen-bond donors (Lipinski definition) is 0. The molecular formula is CaFeMgMnSi. The maximum absolute atomic E-state index is 0. The summed E-state index contributed by atoms with van der Waals surface area (Å²) in [5.41, 5.74) is 0. The average molecular weight is 203 g/mol. The van der Waals surface area contributed by atoms with Gasteiger partial charge in [-0.1, -0.05) is 0 Å². The molecule has 0 aromatic heterocycles. The van der Waals surface area contributed by atoms with Crippen LogP contribution < -0.4 is 0 Å². The minimum atomic E-state index is 0. The van der Waals surface area contributed by atoms with Gasteiger partial charge in [-0.2, -0.15) is 0 Å². The van der Waals surface area contributed by atoms with E-state index in [0.29, 0.717) is 0 Å². The molecule has 0 rings (SSSR count). The molecule has 5 heavy (non-hydrogen) atoms. The van der Waals surface area contributed by atoms with Gasteiger partial charge >= 0.3 is 0 Å². The Morgan fingerprint density at radius 2 is 1.00 bits per heavy atom. The van der Waals surface area contributed by atoms with Crippen molar-refractivity contribution in [3.05, 3.63) is 0 Å². The predicted molar refractivity (Wildman–Crippen MR) is 17.3 cm³/mol. The second kappa shape index (κ2) is 26.7. The molecule has 0 aliphatic rings. The molecule has 0 N–H and O–H groups in total. The number of rotatable bonds is 0. The smallest absolute Gasteiger partial charge is 0 e. The second-order valence-corrected chi connectivity index (χ2v) is 0. The van der Waals surface area contributed by atoms with Crippen LogP contribution in [0, 0.1) is 0 Å². The second-order valence-electron chi connectivity index (χ2n) is 0. The fourth-order valence-electron chi connectivity index (χ4n) is 0. The molecule has 0 unspecified atom stereocenters. The van der Waals surface area contributed by atoms with Gasteiger partial charge in [-0.05, 0) is 0 Å². The van der Waals surface area contributed by atoms with Gasteiger partial charge in [0.1, 0.15) is 0 Å². The molecule has 0 atom stereocenters. The first-order valence-electron chi connectivity index (χ1n) is 0. The standard InChI is InChI=1S/Ca.Fe.Mg.Mn.Si. The van der Waals surface area contributed by atoms with Crippen molar-refractivity contribution in [2.75, 3.05) is 0 Å². The van der Waals surface area contributed by atoms with Gasteiger partial charge in [0.05, 0.1) is 0 Å². The van der Waals surface area contributed by atoms with E-state index in [2.05, 4.69) is 0 Å². The fourth-order valence-corrected chi connectivity index (χ4v) is 0. The van der Waals surface area contributed by atoms with Crippen LogP contribution in [0.2, 0.25) is 0 Å². The van der Waals surface area contributed by atoms with Crippen LogP contribution in [0.4, 0.5) is 0 Å². The zero-order valence-electron chi connectivity index (χ0n) is 2.65. The van der Waals surface area contributed by atoms with E-state index >= 15 is 0 Å². The van der Waals surface area contributed by atoms with Gasteiger partial charge in [0.25, 0.3) is 0 Å². The minimum absolute atomic E-state index is 0. The van der Waals surface area contributed by atoms with Crippen molar-refractivity contribution in [3.8, 4) is 0 Å². The van der Waals surface area contributed by atoms with Crippen molar-refractivity contribution in [1.82, 2.24) is 0 Å². The molecule has 0 fully saturated rings. The van der Waals surface area contributed by atoms with Gasteiger partial charge in [-0.15, -0.1) is 0 Å². The third-order valence-electron chi connectivity index (χ3n) is 0. The Kier molecular flexibility index (Phi) is 218. The predicted octanol–water partition coefficient (Wildman–Crippen LogP) is -1.15. The average Bonchev–Trinajstić information content (AvgIpc) is 0. The molecular weight excluding hydrogens is 203 g/mol. The van der Waals surface area contributed by atoms with E-state index in [0.717, 1.165) is 0 Å². The molecule has 0 aromatic carbocycles. The van der Waals surface area contributed by atoms with Crippen LogP contribution in [-0.4, -0.2) is 71.8 Å². The van der Waals surface area contributed by atoms with E-state index in [-0.39, 0.29) is 106 Å². The SMILES string of the molecule is [Ca].[Fe].[Mg].[Mn].[Si]. The molecule has 0 spiro atoms. The molecule has 23 valence electrons. The summed E-state index contributed by atoms with van der Waals surface area (Å²) in [5, 5.41) is 0. The Bertz CT molecular complexity index is 11.6. The number of hydrogen-bond acceptors (Lipinski definition) is 0. The van der Waals surface area contributed by atoms with Gasteiger partial charge < -0.3 is 0 Å². The monoisotopic (exact) mass is 203 g/mol. The van der Waals surface area contributed by atoms with Crippen molar-refractivity contribution in [2.45, 2.75) is 0 Å². The summed E-state index contributed by atoms with van der Waals surface area (Å²) in [5.74, 6) is 0. The summed E-state index contributed by atoms with van der Waals surface area (Å²) in [6, 6.07) is 0. The van der Waals surface area contributed by atoms with Gasteiger partial charge in [0, 0.05) is 106 Å². The van der Waals surface area contributed by atoms with Crippen molar-refractivity contribution in [1.29, 1.82) is 0 Å². The molecule has 0 bridgehead atoms. The van der Waals surface area contributed by atoms with Gasteiger partial charge in [0.15, 0.2) is 0 Å².